The number of amidine groups is 1. The molecule has 0 saturated carbocycles. The van der Waals surface area contributed by atoms with E-state index in [2.05, 4.69) is 29.4 Å². The van der Waals surface area contributed by atoms with Crippen molar-refractivity contribution < 1.29 is 4.74 Å². The first-order chi connectivity index (χ1) is 8.79. The molecule has 0 radical (unpaired) electrons. The van der Waals surface area contributed by atoms with Gasteiger partial charge in [0, 0.05) is 19.0 Å². The standard InChI is InChI=1S/C15H22N2O/c1-12(13-7-9-14(18-2)10-8-13)17-15-6-4-3-5-11-16-15/h7-10,12H,3-6,11H2,1-2H3,(H,16,17)/t12-/m1/s1. The molecule has 1 atom stereocenters. The van der Waals surface area contributed by atoms with Crippen LogP contribution in [0.2, 0.25) is 0 Å². The Morgan fingerprint density at radius 1 is 1.17 bits per heavy atom. The van der Waals surface area contributed by atoms with E-state index in [4.69, 9.17) is 4.74 Å². The van der Waals surface area contributed by atoms with Gasteiger partial charge in [-0.05, 0) is 37.5 Å². The Hall–Kier alpha value is -1.51. The summed E-state index contributed by atoms with van der Waals surface area (Å²) in [6, 6.07) is 8.51. The maximum absolute atomic E-state index is 5.17. The van der Waals surface area contributed by atoms with Crippen LogP contribution in [0.4, 0.5) is 0 Å². The summed E-state index contributed by atoms with van der Waals surface area (Å²) in [5, 5.41) is 3.52. The summed E-state index contributed by atoms with van der Waals surface area (Å²) in [6.45, 7) is 3.15. The van der Waals surface area contributed by atoms with Gasteiger partial charge in [-0.25, -0.2) is 0 Å². The van der Waals surface area contributed by atoms with Crippen molar-refractivity contribution in [2.24, 2.45) is 4.99 Å². The largest absolute Gasteiger partial charge is 0.497 e. The lowest BCUT2D eigenvalue weighted by Crippen LogP contribution is -2.26. The highest BCUT2D eigenvalue weighted by atomic mass is 16.5. The molecule has 0 aliphatic carbocycles. The highest BCUT2D eigenvalue weighted by Crippen LogP contribution is 2.18. The van der Waals surface area contributed by atoms with Crippen molar-refractivity contribution in [2.45, 2.75) is 38.6 Å². The summed E-state index contributed by atoms with van der Waals surface area (Å²) in [7, 11) is 1.69. The van der Waals surface area contributed by atoms with Crippen LogP contribution in [0.3, 0.4) is 0 Å². The van der Waals surface area contributed by atoms with E-state index in [1.807, 2.05) is 12.1 Å². The zero-order valence-electron chi connectivity index (χ0n) is 11.3. The van der Waals surface area contributed by atoms with Gasteiger partial charge in [-0.15, -0.1) is 0 Å². The van der Waals surface area contributed by atoms with Gasteiger partial charge in [-0.3, -0.25) is 4.99 Å². The monoisotopic (exact) mass is 246 g/mol. The van der Waals surface area contributed by atoms with Gasteiger partial charge >= 0.3 is 0 Å². The summed E-state index contributed by atoms with van der Waals surface area (Å²) < 4.78 is 5.17. The molecular weight excluding hydrogens is 224 g/mol. The third-order valence-electron chi connectivity index (χ3n) is 3.37. The minimum Gasteiger partial charge on any atom is -0.497 e. The molecule has 0 bridgehead atoms. The number of hydrogen-bond donors (Lipinski definition) is 1. The first-order valence-electron chi connectivity index (χ1n) is 6.73. The Kier molecular flexibility index (Phi) is 4.62. The van der Waals surface area contributed by atoms with Gasteiger partial charge in [0.15, 0.2) is 0 Å². The minimum atomic E-state index is 0.299. The third-order valence-corrected chi connectivity index (χ3v) is 3.37. The van der Waals surface area contributed by atoms with Crippen molar-refractivity contribution >= 4 is 5.84 Å². The van der Waals surface area contributed by atoms with Crippen molar-refractivity contribution in [1.29, 1.82) is 0 Å². The number of methoxy groups -OCH3 is 1. The van der Waals surface area contributed by atoms with Crippen LogP contribution in [0.5, 0.6) is 5.75 Å². The molecule has 2 rings (SSSR count). The lowest BCUT2D eigenvalue weighted by atomic mass is 10.1. The molecule has 1 N–H and O–H groups in total. The molecule has 98 valence electrons. The second-order valence-corrected chi connectivity index (χ2v) is 4.78. The van der Waals surface area contributed by atoms with E-state index in [1.165, 1.54) is 24.8 Å². The van der Waals surface area contributed by atoms with E-state index >= 15 is 0 Å². The van der Waals surface area contributed by atoms with Crippen molar-refractivity contribution in [3.8, 4) is 5.75 Å². The van der Waals surface area contributed by atoms with Crippen molar-refractivity contribution in [1.82, 2.24) is 5.32 Å². The van der Waals surface area contributed by atoms with Gasteiger partial charge in [-0.1, -0.05) is 18.6 Å². The maximum Gasteiger partial charge on any atom is 0.118 e. The summed E-state index contributed by atoms with van der Waals surface area (Å²) in [4.78, 5) is 4.60. The van der Waals surface area contributed by atoms with Gasteiger partial charge in [-0.2, -0.15) is 0 Å². The average Bonchev–Trinajstić information content (AvgIpc) is 2.67. The molecule has 18 heavy (non-hydrogen) atoms. The fraction of sp³-hybridized carbons (Fsp3) is 0.533. The van der Waals surface area contributed by atoms with Crippen LogP contribution in [0, 0.1) is 0 Å². The summed E-state index contributed by atoms with van der Waals surface area (Å²) in [5.74, 6) is 2.06. The minimum absolute atomic E-state index is 0.299. The fourth-order valence-electron chi connectivity index (χ4n) is 2.22. The lowest BCUT2D eigenvalue weighted by molar-refractivity contribution is 0.414. The molecule has 0 spiro atoms. The molecule has 1 aromatic rings. The van der Waals surface area contributed by atoms with Crippen LogP contribution < -0.4 is 10.1 Å². The number of benzene rings is 1. The van der Waals surface area contributed by atoms with Gasteiger partial charge in [0.1, 0.15) is 5.75 Å². The van der Waals surface area contributed by atoms with Crippen molar-refractivity contribution in [3.05, 3.63) is 29.8 Å². The topological polar surface area (TPSA) is 33.6 Å². The Labute approximate surface area is 109 Å². The van der Waals surface area contributed by atoms with Crippen LogP contribution in [0.15, 0.2) is 29.3 Å². The predicted octanol–water partition coefficient (Wildman–Crippen LogP) is 3.32. The van der Waals surface area contributed by atoms with Crippen LogP contribution in [0.1, 0.15) is 44.2 Å². The summed E-state index contributed by atoms with van der Waals surface area (Å²) >= 11 is 0. The van der Waals surface area contributed by atoms with E-state index in [-0.39, 0.29) is 0 Å². The van der Waals surface area contributed by atoms with E-state index in [9.17, 15) is 0 Å². The molecular formula is C15H22N2O. The van der Waals surface area contributed by atoms with Gasteiger partial charge < -0.3 is 10.1 Å². The van der Waals surface area contributed by atoms with E-state index in [0.29, 0.717) is 6.04 Å². The highest BCUT2D eigenvalue weighted by Gasteiger charge is 2.09. The molecule has 0 saturated heterocycles. The molecule has 0 aromatic heterocycles. The molecule has 0 unspecified atom stereocenters. The molecule has 0 amide bonds. The Morgan fingerprint density at radius 2 is 1.94 bits per heavy atom. The Bertz CT molecular complexity index is 397. The van der Waals surface area contributed by atoms with Gasteiger partial charge in [0.2, 0.25) is 0 Å². The molecule has 0 fully saturated rings. The van der Waals surface area contributed by atoms with Crippen molar-refractivity contribution in [2.75, 3.05) is 13.7 Å². The zero-order valence-corrected chi connectivity index (χ0v) is 11.3. The quantitative estimate of drug-likeness (QED) is 0.887. The summed E-state index contributed by atoms with van der Waals surface area (Å²) in [5.41, 5.74) is 1.27. The molecule has 1 aliphatic heterocycles. The van der Waals surface area contributed by atoms with Gasteiger partial charge in [0.25, 0.3) is 0 Å². The number of nitrogens with zero attached hydrogens (tertiary/aromatic N) is 1. The first kappa shape index (κ1) is 12.9. The predicted molar refractivity (Wildman–Crippen MR) is 75.3 cm³/mol. The second kappa shape index (κ2) is 6.43. The van der Waals surface area contributed by atoms with Crippen LogP contribution in [-0.2, 0) is 0 Å². The first-order valence-corrected chi connectivity index (χ1v) is 6.73. The molecule has 3 heteroatoms. The van der Waals surface area contributed by atoms with Crippen LogP contribution in [-0.4, -0.2) is 19.5 Å². The Balaban J connectivity index is 1.97. The Morgan fingerprint density at radius 3 is 2.67 bits per heavy atom. The normalized spacial score (nSPS) is 17.6. The smallest absolute Gasteiger partial charge is 0.118 e. The maximum atomic E-state index is 5.17. The van der Waals surface area contributed by atoms with Crippen LogP contribution >= 0.6 is 0 Å². The number of ether oxygens (including phenoxy) is 1. The van der Waals surface area contributed by atoms with Crippen molar-refractivity contribution in [3.63, 3.8) is 0 Å². The van der Waals surface area contributed by atoms with Crippen LogP contribution in [0.25, 0.3) is 0 Å². The zero-order chi connectivity index (χ0) is 12.8. The number of nitrogens with one attached hydrogen (secondary N) is 1. The third kappa shape index (κ3) is 3.49. The molecule has 1 aliphatic rings. The average molecular weight is 246 g/mol. The molecule has 1 heterocycles. The number of hydrogen-bond acceptors (Lipinski definition) is 3. The highest BCUT2D eigenvalue weighted by molar-refractivity contribution is 5.82. The fourth-order valence-corrected chi connectivity index (χ4v) is 2.22. The van der Waals surface area contributed by atoms with E-state index < -0.39 is 0 Å². The second-order valence-electron chi connectivity index (χ2n) is 4.78. The lowest BCUT2D eigenvalue weighted by Gasteiger charge is -2.17. The number of aliphatic imine (C=N–C) groups is 1. The molecule has 1 aromatic carbocycles. The van der Waals surface area contributed by atoms with E-state index in [1.54, 1.807) is 7.11 Å². The SMILES string of the molecule is COc1ccc([C@@H](C)NC2=NCCCCC2)cc1. The van der Waals surface area contributed by atoms with Gasteiger partial charge in [0.05, 0.1) is 12.9 Å². The number of rotatable bonds is 3. The molecule has 3 nitrogen and oxygen atoms in total. The van der Waals surface area contributed by atoms with E-state index in [0.717, 1.165) is 24.6 Å². The summed E-state index contributed by atoms with van der Waals surface area (Å²) in [6.07, 6.45) is 4.86.